The van der Waals surface area contributed by atoms with E-state index < -0.39 is 35.4 Å². The summed E-state index contributed by atoms with van der Waals surface area (Å²) in [5.41, 5.74) is 5.71. The van der Waals surface area contributed by atoms with Gasteiger partial charge in [0.15, 0.2) is 5.82 Å². The number of nitrogens with two attached hydrogens (primary N) is 1. The minimum Gasteiger partial charge on any atom is -0.368 e. The molecule has 3 amide bonds. The monoisotopic (exact) mass is 547 g/mol. The molecule has 1 saturated heterocycles. The molecule has 0 bridgehead atoms. The van der Waals surface area contributed by atoms with E-state index in [1.807, 2.05) is 0 Å². The van der Waals surface area contributed by atoms with Gasteiger partial charge >= 0.3 is 6.03 Å². The van der Waals surface area contributed by atoms with Crippen LogP contribution >= 0.6 is 11.6 Å². The summed E-state index contributed by atoms with van der Waals surface area (Å²) in [4.78, 5) is 34.2. The maximum absolute atomic E-state index is 14.7. The van der Waals surface area contributed by atoms with Crippen molar-refractivity contribution in [1.29, 1.82) is 0 Å². The van der Waals surface area contributed by atoms with E-state index in [9.17, 15) is 22.8 Å². The zero-order valence-electron chi connectivity index (χ0n) is 19.7. The molecule has 0 radical (unpaired) electrons. The summed E-state index contributed by atoms with van der Waals surface area (Å²) < 4.78 is 44.2. The maximum atomic E-state index is 14.7. The zero-order valence-corrected chi connectivity index (χ0v) is 20.5. The molecule has 0 spiro atoms. The number of benzene rings is 1. The van der Waals surface area contributed by atoms with Crippen molar-refractivity contribution in [3.63, 3.8) is 0 Å². The first kappa shape index (κ1) is 25.6. The van der Waals surface area contributed by atoms with Gasteiger partial charge in [0.05, 0.1) is 18.0 Å². The summed E-state index contributed by atoms with van der Waals surface area (Å²) in [6, 6.07) is 1.66. The number of hydrazone groups is 1. The van der Waals surface area contributed by atoms with E-state index in [1.165, 1.54) is 10.9 Å². The maximum Gasteiger partial charge on any atom is 0.341 e. The molecule has 2 aliphatic rings. The van der Waals surface area contributed by atoms with Crippen molar-refractivity contribution >= 4 is 29.3 Å². The number of nitrogens with one attached hydrogen (secondary N) is 1. The number of piperazine rings is 1. The normalized spacial score (nSPS) is 17.6. The molecule has 15 heteroatoms. The second kappa shape index (κ2) is 10.4. The highest BCUT2D eigenvalue weighted by molar-refractivity contribution is 6.28. The first-order valence-electron chi connectivity index (χ1n) is 11.6. The number of primary amides is 1. The van der Waals surface area contributed by atoms with Crippen LogP contribution in [0, 0.1) is 17.5 Å². The van der Waals surface area contributed by atoms with E-state index in [-0.39, 0.29) is 46.5 Å². The van der Waals surface area contributed by atoms with Crippen molar-refractivity contribution < 1.29 is 22.8 Å². The standard InChI is InChI=1S/C23H21ClF3N9O2/c24-22-30-9-16(27)21(31-22)20-15(10-35(33-20)11-19(28)37)17-8-18(12-5-13(25)7-14(26)6-12)36(32-17)23(38)34-3-1-29-2-4-34/h5-7,9-10,18,29H,1-4,8,11H2,(H2,28,37)/t18-/m0/s1. The second-order valence-electron chi connectivity index (χ2n) is 8.72. The van der Waals surface area contributed by atoms with E-state index in [0.717, 1.165) is 29.4 Å². The highest BCUT2D eigenvalue weighted by Crippen LogP contribution is 2.36. The summed E-state index contributed by atoms with van der Waals surface area (Å²) >= 11 is 5.89. The number of carbonyl (C=O) groups excluding carboxylic acids is 2. The Bertz CT molecular complexity index is 1420. The summed E-state index contributed by atoms with van der Waals surface area (Å²) in [7, 11) is 0. The van der Waals surface area contributed by atoms with Gasteiger partial charge in [-0.3, -0.25) is 9.48 Å². The molecule has 3 aromatic rings. The van der Waals surface area contributed by atoms with Crippen LogP contribution in [0.1, 0.15) is 23.6 Å². The average molecular weight is 548 g/mol. The molecule has 2 aliphatic heterocycles. The van der Waals surface area contributed by atoms with Gasteiger partial charge in [0, 0.05) is 50.4 Å². The van der Waals surface area contributed by atoms with Crippen LogP contribution in [0.4, 0.5) is 18.0 Å². The molecule has 3 N–H and O–H groups in total. The van der Waals surface area contributed by atoms with Crippen LogP contribution in [-0.4, -0.2) is 73.5 Å². The third-order valence-corrected chi connectivity index (χ3v) is 6.28. The highest BCUT2D eigenvalue weighted by atomic mass is 35.5. The molecule has 5 rings (SSSR count). The molecule has 1 fully saturated rings. The van der Waals surface area contributed by atoms with Crippen LogP contribution in [0.3, 0.4) is 0 Å². The lowest BCUT2D eigenvalue weighted by atomic mass is 9.98. The van der Waals surface area contributed by atoms with Gasteiger partial charge in [-0.25, -0.2) is 32.9 Å². The number of hydrogen-bond donors (Lipinski definition) is 2. The van der Waals surface area contributed by atoms with Gasteiger partial charge in [-0.2, -0.15) is 10.2 Å². The molecular formula is C23H21ClF3N9O2. The van der Waals surface area contributed by atoms with Crippen LogP contribution < -0.4 is 11.1 Å². The molecule has 0 aliphatic carbocycles. The SMILES string of the molecule is NC(=O)Cn1cc(C2=NN(C(=O)N3CCNCC3)[C@H](c3cc(F)cc(F)c3)C2)c(-c2nc(Cl)ncc2F)n1. The van der Waals surface area contributed by atoms with Crippen LogP contribution in [0.15, 0.2) is 35.7 Å². The van der Waals surface area contributed by atoms with Gasteiger partial charge in [0.2, 0.25) is 11.2 Å². The molecule has 38 heavy (non-hydrogen) atoms. The van der Waals surface area contributed by atoms with Crippen LogP contribution in [0.2, 0.25) is 5.28 Å². The van der Waals surface area contributed by atoms with Gasteiger partial charge in [-0.05, 0) is 29.3 Å². The molecule has 198 valence electrons. The summed E-state index contributed by atoms with van der Waals surface area (Å²) in [5, 5.41) is 12.8. The first-order chi connectivity index (χ1) is 18.2. The van der Waals surface area contributed by atoms with Crippen molar-refractivity contribution in [2.75, 3.05) is 26.2 Å². The fourth-order valence-corrected chi connectivity index (χ4v) is 4.57. The third kappa shape index (κ3) is 5.17. The quantitative estimate of drug-likeness (QED) is 0.470. The second-order valence-corrected chi connectivity index (χ2v) is 9.06. The van der Waals surface area contributed by atoms with Crippen molar-refractivity contribution in [3.05, 3.63) is 64.5 Å². The number of halogens is 4. The average Bonchev–Trinajstić information content (AvgIpc) is 3.49. The van der Waals surface area contributed by atoms with Crippen LogP contribution in [0.5, 0.6) is 0 Å². The van der Waals surface area contributed by atoms with E-state index >= 15 is 0 Å². The van der Waals surface area contributed by atoms with E-state index in [4.69, 9.17) is 17.3 Å². The van der Waals surface area contributed by atoms with Crippen molar-refractivity contribution in [1.82, 2.24) is 35.0 Å². The minimum absolute atomic E-state index is 0.0103. The lowest BCUT2D eigenvalue weighted by Crippen LogP contribution is -2.50. The third-order valence-electron chi connectivity index (χ3n) is 6.09. The van der Waals surface area contributed by atoms with Gasteiger partial charge in [0.1, 0.15) is 29.6 Å². The Morgan fingerprint density at radius 2 is 1.82 bits per heavy atom. The number of hydrogen-bond acceptors (Lipinski definition) is 7. The molecule has 0 unspecified atom stereocenters. The summed E-state index contributed by atoms with van der Waals surface area (Å²) in [6.07, 6.45) is 2.30. The van der Waals surface area contributed by atoms with Crippen molar-refractivity contribution in [2.24, 2.45) is 10.8 Å². The zero-order chi connectivity index (χ0) is 27.0. The number of carbonyl (C=O) groups is 2. The van der Waals surface area contributed by atoms with Gasteiger partial charge in [-0.1, -0.05) is 0 Å². The Balaban J connectivity index is 1.61. The lowest BCUT2D eigenvalue weighted by Gasteiger charge is -2.32. The predicted octanol–water partition coefficient (Wildman–Crippen LogP) is 2.07. The minimum atomic E-state index is -0.872. The van der Waals surface area contributed by atoms with Gasteiger partial charge in [-0.15, -0.1) is 0 Å². The lowest BCUT2D eigenvalue weighted by molar-refractivity contribution is -0.118. The van der Waals surface area contributed by atoms with Gasteiger partial charge in [0.25, 0.3) is 0 Å². The smallest absolute Gasteiger partial charge is 0.341 e. The fourth-order valence-electron chi connectivity index (χ4n) is 4.44. The Kier molecular flexibility index (Phi) is 6.99. The van der Waals surface area contributed by atoms with Gasteiger partial charge < -0.3 is 16.0 Å². The molecule has 4 heterocycles. The largest absolute Gasteiger partial charge is 0.368 e. The summed E-state index contributed by atoms with van der Waals surface area (Å²) in [5.74, 6) is -3.16. The van der Waals surface area contributed by atoms with Crippen molar-refractivity contribution in [3.8, 4) is 11.4 Å². The topological polar surface area (TPSA) is 135 Å². The molecule has 11 nitrogen and oxygen atoms in total. The molecule has 1 aromatic carbocycles. The first-order valence-corrected chi connectivity index (χ1v) is 11.9. The van der Waals surface area contributed by atoms with Crippen LogP contribution in [0.25, 0.3) is 11.4 Å². The van der Waals surface area contributed by atoms with Crippen molar-refractivity contribution in [2.45, 2.75) is 19.0 Å². The molecule has 1 atom stereocenters. The predicted molar refractivity (Wildman–Crippen MR) is 129 cm³/mol. The Morgan fingerprint density at radius 3 is 2.50 bits per heavy atom. The number of nitrogens with zero attached hydrogens (tertiary/aromatic N) is 7. The number of rotatable bonds is 5. The van der Waals surface area contributed by atoms with E-state index in [2.05, 4.69) is 25.5 Å². The van der Waals surface area contributed by atoms with E-state index in [0.29, 0.717) is 26.2 Å². The highest BCUT2D eigenvalue weighted by Gasteiger charge is 2.38. The Labute approximate surface area is 219 Å². The molecular weight excluding hydrogens is 527 g/mol. The number of amides is 3. The summed E-state index contributed by atoms with van der Waals surface area (Å²) in [6.45, 7) is 1.65. The Hall–Kier alpha value is -4.04. The molecule has 0 saturated carbocycles. The number of urea groups is 1. The Morgan fingerprint density at radius 1 is 1.11 bits per heavy atom. The number of aromatic nitrogens is 4. The fraction of sp³-hybridized carbons (Fsp3) is 0.304. The molecule has 2 aromatic heterocycles. The van der Waals surface area contributed by atoms with E-state index in [1.54, 1.807) is 4.90 Å². The van der Waals surface area contributed by atoms with Crippen LogP contribution in [-0.2, 0) is 11.3 Å².